The largest absolute Gasteiger partial charge is 0.480 e. The third kappa shape index (κ3) is 3.02. The molecule has 1 aromatic heterocycles. The number of carbonyl (C=O) groups is 2. The lowest BCUT2D eigenvalue weighted by atomic mass is 9.76. The van der Waals surface area contributed by atoms with Gasteiger partial charge in [0.1, 0.15) is 17.7 Å². The highest BCUT2D eigenvalue weighted by Crippen LogP contribution is 2.43. The molecule has 2 fully saturated rings. The highest BCUT2D eigenvalue weighted by molar-refractivity contribution is 5.83. The van der Waals surface area contributed by atoms with E-state index in [0.29, 0.717) is 13.0 Å². The molecular weight excluding hydrogens is 310 g/mol. The first-order valence-electron chi connectivity index (χ1n) is 8.38. The number of likely N-dealkylation sites (tertiary alicyclic amines) is 2. The molecule has 2 aliphatic heterocycles. The van der Waals surface area contributed by atoms with Crippen molar-refractivity contribution in [2.24, 2.45) is 12.5 Å². The fraction of sp³-hybridized carbons (Fsp3) is 0.750. The topological polar surface area (TPSA) is 91.6 Å². The van der Waals surface area contributed by atoms with E-state index >= 15 is 0 Å². The second kappa shape index (κ2) is 6.16. The highest BCUT2D eigenvalue weighted by atomic mass is 16.4. The number of hydrogen-bond acceptors (Lipinski definition) is 5. The van der Waals surface area contributed by atoms with Crippen LogP contribution in [0.2, 0.25) is 0 Å². The van der Waals surface area contributed by atoms with Gasteiger partial charge in [0.2, 0.25) is 5.91 Å². The van der Waals surface area contributed by atoms with Gasteiger partial charge in [0.15, 0.2) is 0 Å². The lowest BCUT2D eigenvalue weighted by Crippen LogP contribution is -2.42. The molecule has 1 spiro atoms. The summed E-state index contributed by atoms with van der Waals surface area (Å²) < 4.78 is 2.00. The molecule has 1 atom stereocenters. The molecule has 2 aliphatic rings. The van der Waals surface area contributed by atoms with Crippen LogP contribution in [0.4, 0.5) is 0 Å². The molecule has 1 N–H and O–H groups in total. The number of amides is 1. The van der Waals surface area contributed by atoms with Crippen molar-refractivity contribution in [3.8, 4) is 0 Å². The van der Waals surface area contributed by atoms with Crippen molar-refractivity contribution in [3.63, 3.8) is 0 Å². The lowest BCUT2D eigenvalue weighted by Gasteiger charge is -2.38. The quantitative estimate of drug-likeness (QED) is 0.860. The summed E-state index contributed by atoms with van der Waals surface area (Å²) in [6.07, 6.45) is 2.40. The van der Waals surface area contributed by atoms with E-state index in [0.717, 1.165) is 44.1 Å². The first-order chi connectivity index (χ1) is 11.3. The number of carbonyl (C=O) groups excluding carboxylic acids is 1. The van der Waals surface area contributed by atoms with Crippen LogP contribution in [0.3, 0.4) is 0 Å². The molecule has 1 amide bonds. The predicted octanol–water partition coefficient (Wildman–Crippen LogP) is 0.411. The molecule has 8 heteroatoms. The fourth-order valence-electron chi connectivity index (χ4n) is 3.94. The zero-order valence-electron chi connectivity index (χ0n) is 14.5. The molecule has 8 nitrogen and oxygen atoms in total. The van der Waals surface area contributed by atoms with Crippen LogP contribution in [0.5, 0.6) is 0 Å². The van der Waals surface area contributed by atoms with E-state index in [4.69, 9.17) is 0 Å². The maximum Gasteiger partial charge on any atom is 0.326 e. The fourth-order valence-corrected chi connectivity index (χ4v) is 3.94. The Kier molecular flexibility index (Phi) is 4.33. The van der Waals surface area contributed by atoms with Crippen LogP contribution < -0.4 is 0 Å². The molecule has 0 aliphatic carbocycles. The number of aryl methyl sites for hydroxylation is 1. The van der Waals surface area contributed by atoms with Crippen LogP contribution in [0.25, 0.3) is 0 Å². The number of rotatable bonds is 3. The third-order valence-corrected chi connectivity index (χ3v) is 5.66. The van der Waals surface area contributed by atoms with Gasteiger partial charge in [-0.2, -0.15) is 0 Å². The third-order valence-electron chi connectivity index (χ3n) is 5.66. The van der Waals surface area contributed by atoms with Crippen LogP contribution >= 0.6 is 0 Å². The predicted molar refractivity (Wildman–Crippen MR) is 86.1 cm³/mol. The van der Waals surface area contributed by atoms with Gasteiger partial charge in [-0.15, -0.1) is 10.2 Å². The van der Waals surface area contributed by atoms with Gasteiger partial charge in [0, 0.05) is 20.5 Å². The second-order valence-corrected chi connectivity index (χ2v) is 7.20. The number of aromatic nitrogens is 3. The number of nitrogens with zero attached hydrogens (tertiary/aromatic N) is 5. The molecule has 3 heterocycles. The van der Waals surface area contributed by atoms with Crippen LogP contribution in [0.15, 0.2) is 0 Å². The van der Waals surface area contributed by atoms with E-state index in [9.17, 15) is 14.7 Å². The van der Waals surface area contributed by atoms with E-state index < -0.39 is 12.0 Å². The Morgan fingerprint density at radius 1 is 1.29 bits per heavy atom. The minimum atomic E-state index is -0.890. The standard InChI is InChI=1S/C16H25N5O3/c1-11-17-18-14(19(11)3)9-20-6-4-16(5-7-20)8-13(15(23)24)21(10-16)12(2)22/h13H,4-10H2,1-3H3,(H,23,24). The first-order valence-corrected chi connectivity index (χ1v) is 8.38. The van der Waals surface area contributed by atoms with E-state index in [1.54, 1.807) is 0 Å². The Morgan fingerprint density at radius 2 is 1.96 bits per heavy atom. The SMILES string of the molecule is CC(=O)N1CC2(CCN(Cc3nnc(C)n3C)CC2)CC1C(=O)O. The smallest absolute Gasteiger partial charge is 0.326 e. The van der Waals surface area contributed by atoms with Crippen molar-refractivity contribution in [1.29, 1.82) is 0 Å². The first kappa shape index (κ1) is 16.9. The molecule has 0 bridgehead atoms. The zero-order valence-corrected chi connectivity index (χ0v) is 14.5. The number of carboxylic acids is 1. The Labute approximate surface area is 141 Å². The summed E-state index contributed by atoms with van der Waals surface area (Å²) in [6.45, 7) is 6.50. The molecule has 1 unspecified atom stereocenters. The summed E-state index contributed by atoms with van der Waals surface area (Å²) in [5.74, 6) is 0.814. The van der Waals surface area contributed by atoms with Gasteiger partial charge >= 0.3 is 5.97 Å². The average Bonchev–Trinajstić information content (AvgIpc) is 3.06. The maximum atomic E-state index is 11.8. The summed E-state index contributed by atoms with van der Waals surface area (Å²) in [5.41, 5.74) is -0.0545. The minimum absolute atomic E-state index is 0.0545. The summed E-state index contributed by atoms with van der Waals surface area (Å²) in [4.78, 5) is 27.1. The summed E-state index contributed by atoms with van der Waals surface area (Å²) >= 11 is 0. The van der Waals surface area contributed by atoms with Crippen LogP contribution in [0, 0.1) is 12.3 Å². The van der Waals surface area contributed by atoms with E-state index in [2.05, 4.69) is 15.1 Å². The molecular formula is C16H25N5O3. The van der Waals surface area contributed by atoms with Crippen molar-refractivity contribution in [3.05, 3.63) is 11.6 Å². The molecule has 0 radical (unpaired) electrons. The van der Waals surface area contributed by atoms with Crippen molar-refractivity contribution >= 4 is 11.9 Å². The van der Waals surface area contributed by atoms with E-state index in [-0.39, 0.29) is 11.3 Å². The molecule has 1 aromatic rings. The summed E-state index contributed by atoms with van der Waals surface area (Å²) in [6, 6.07) is -0.671. The van der Waals surface area contributed by atoms with Crippen molar-refractivity contribution in [2.45, 2.75) is 45.7 Å². The van der Waals surface area contributed by atoms with Gasteiger partial charge in [-0.1, -0.05) is 0 Å². The molecule has 3 rings (SSSR count). The number of carboxylic acid groups (broad SMARTS) is 1. The maximum absolute atomic E-state index is 11.8. The average molecular weight is 335 g/mol. The number of piperidine rings is 1. The van der Waals surface area contributed by atoms with Crippen molar-refractivity contribution in [2.75, 3.05) is 19.6 Å². The number of hydrogen-bond donors (Lipinski definition) is 1. The molecule has 24 heavy (non-hydrogen) atoms. The Balaban J connectivity index is 1.63. The van der Waals surface area contributed by atoms with Gasteiger partial charge in [-0.05, 0) is 44.7 Å². The number of aliphatic carboxylic acids is 1. The van der Waals surface area contributed by atoms with Crippen LogP contribution in [-0.2, 0) is 23.2 Å². The van der Waals surface area contributed by atoms with Gasteiger partial charge in [-0.3, -0.25) is 9.69 Å². The Bertz CT molecular complexity index is 624. The Morgan fingerprint density at radius 3 is 2.42 bits per heavy atom. The van der Waals surface area contributed by atoms with Crippen LogP contribution in [0.1, 0.15) is 37.8 Å². The Hall–Kier alpha value is -1.96. The van der Waals surface area contributed by atoms with Gasteiger partial charge in [-0.25, -0.2) is 4.79 Å². The normalized spacial score (nSPS) is 23.8. The summed E-state index contributed by atoms with van der Waals surface area (Å²) in [7, 11) is 1.97. The summed E-state index contributed by atoms with van der Waals surface area (Å²) in [5, 5.41) is 17.7. The lowest BCUT2D eigenvalue weighted by molar-refractivity contribution is -0.147. The molecule has 0 aromatic carbocycles. The molecule has 2 saturated heterocycles. The molecule has 132 valence electrons. The second-order valence-electron chi connectivity index (χ2n) is 7.20. The van der Waals surface area contributed by atoms with Crippen molar-refractivity contribution < 1.29 is 14.7 Å². The van der Waals surface area contributed by atoms with E-state index in [1.165, 1.54) is 11.8 Å². The zero-order chi connectivity index (χ0) is 17.5. The van der Waals surface area contributed by atoms with Gasteiger partial charge in [0.25, 0.3) is 0 Å². The highest BCUT2D eigenvalue weighted by Gasteiger charge is 2.49. The van der Waals surface area contributed by atoms with Crippen LogP contribution in [-0.4, -0.2) is 67.2 Å². The van der Waals surface area contributed by atoms with Gasteiger partial charge in [0.05, 0.1) is 6.54 Å². The minimum Gasteiger partial charge on any atom is -0.480 e. The molecule has 0 saturated carbocycles. The monoisotopic (exact) mass is 335 g/mol. The van der Waals surface area contributed by atoms with Gasteiger partial charge < -0.3 is 14.6 Å². The van der Waals surface area contributed by atoms with Crippen molar-refractivity contribution in [1.82, 2.24) is 24.6 Å². The van der Waals surface area contributed by atoms with E-state index in [1.807, 2.05) is 18.5 Å².